The van der Waals surface area contributed by atoms with Crippen LogP contribution >= 0.6 is 0 Å². The molecule has 3 aromatic carbocycles. The van der Waals surface area contributed by atoms with E-state index in [1.807, 2.05) is 54.6 Å². The summed E-state index contributed by atoms with van der Waals surface area (Å²) < 4.78 is 5.33. The number of aromatic nitrogens is 3. The number of pyridine rings is 1. The lowest BCUT2D eigenvalue weighted by Gasteiger charge is -2.25. The number of nitrogens with one attached hydrogen (secondary N) is 1. The van der Waals surface area contributed by atoms with Gasteiger partial charge in [0.15, 0.2) is 0 Å². The minimum atomic E-state index is 0.833. The van der Waals surface area contributed by atoms with Crippen LogP contribution in [-0.4, -0.2) is 22.3 Å². The van der Waals surface area contributed by atoms with Crippen LogP contribution < -0.4 is 9.64 Å². The summed E-state index contributed by atoms with van der Waals surface area (Å²) in [6, 6.07) is 34.7. The first-order chi connectivity index (χ1) is 15.8. The summed E-state index contributed by atoms with van der Waals surface area (Å²) in [5.74, 6) is 0.833. The van der Waals surface area contributed by atoms with E-state index >= 15 is 0 Å². The van der Waals surface area contributed by atoms with Crippen molar-refractivity contribution in [3.8, 4) is 28.4 Å². The number of methoxy groups -OCH3 is 1. The van der Waals surface area contributed by atoms with Gasteiger partial charge in [0, 0.05) is 28.8 Å². The molecule has 0 amide bonds. The Morgan fingerprint density at radius 3 is 2.00 bits per heavy atom. The number of anilines is 3. The lowest BCUT2D eigenvalue weighted by atomic mass is 10.1. The summed E-state index contributed by atoms with van der Waals surface area (Å²) in [4.78, 5) is 6.60. The minimum Gasteiger partial charge on any atom is -0.497 e. The summed E-state index contributed by atoms with van der Waals surface area (Å²) in [7, 11) is 1.68. The molecular weight excluding hydrogens is 396 g/mol. The zero-order valence-electron chi connectivity index (χ0n) is 17.6. The Labute approximate surface area is 187 Å². The van der Waals surface area contributed by atoms with E-state index in [1.54, 1.807) is 13.3 Å². The number of hydrogen-bond donors (Lipinski definition) is 1. The average Bonchev–Trinajstić information content (AvgIpc) is 3.37. The highest BCUT2D eigenvalue weighted by atomic mass is 16.5. The molecule has 0 radical (unpaired) electrons. The molecule has 0 aliphatic heterocycles. The van der Waals surface area contributed by atoms with Gasteiger partial charge < -0.3 is 9.64 Å². The molecule has 32 heavy (non-hydrogen) atoms. The van der Waals surface area contributed by atoms with Gasteiger partial charge >= 0.3 is 0 Å². The molecule has 0 saturated carbocycles. The molecule has 2 aromatic heterocycles. The monoisotopic (exact) mass is 418 g/mol. The number of nitrogens with zero attached hydrogens (tertiary/aromatic N) is 3. The second kappa shape index (κ2) is 8.78. The van der Waals surface area contributed by atoms with Crippen molar-refractivity contribution in [1.29, 1.82) is 0 Å². The van der Waals surface area contributed by atoms with E-state index < -0.39 is 0 Å². The Morgan fingerprint density at radius 1 is 0.688 bits per heavy atom. The summed E-state index contributed by atoms with van der Waals surface area (Å²) in [6.45, 7) is 0. The summed E-state index contributed by atoms with van der Waals surface area (Å²) in [5, 5.41) is 7.57. The molecule has 0 atom stereocenters. The lowest BCUT2D eigenvalue weighted by Crippen LogP contribution is -2.09. The third-order valence-electron chi connectivity index (χ3n) is 5.28. The number of rotatable bonds is 6. The van der Waals surface area contributed by atoms with Crippen molar-refractivity contribution in [2.24, 2.45) is 0 Å². The smallest absolute Gasteiger partial charge is 0.119 e. The molecule has 5 heteroatoms. The van der Waals surface area contributed by atoms with E-state index in [4.69, 9.17) is 4.74 Å². The number of H-pyrrole nitrogens is 1. The van der Waals surface area contributed by atoms with E-state index in [2.05, 4.69) is 68.6 Å². The molecule has 0 aliphatic rings. The van der Waals surface area contributed by atoms with Crippen LogP contribution in [0.4, 0.5) is 17.1 Å². The number of hydrogen-bond acceptors (Lipinski definition) is 4. The highest BCUT2D eigenvalue weighted by Gasteiger charge is 2.13. The molecule has 0 spiro atoms. The molecule has 0 fully saturated rings. The zero-order chi connectivity index (χ0) is 21.8. The number of ether oxygens (including phenoxy) is 1. The second-order valence-electron chi connectivity index (χ2n) is 7.30. The predicted octanol–water partition coefficient (Wildman–Crippen LogP) is 6.62. The fraction of sp³-hybridized carbons (Fsp3) is 0.0370. The van der Waals surface area contributed by atoms with Crippen LogP contribution in [0.3, 0.4) is 0 Å². The summed E-state index contributed by atoms with van der Waals surface area (Å²) in [6.07, 6.45) is 1.78. The summed E-state index contributed by atoms with van der Waals surface area (Å²) >= 11 is 0. The second-order valence-corrected chi connectivity index (χ2v) is 7.30. The van der Waals surface area contributed by atoms with Crippen LogP contribution in [0.5, 0.6) is 5.75 Å². The van der Waals surface area contributed by atoms with Crippen LogP contribution in [0.25, 0.3) is 22.6 Å². The van der Waals surface area contributed by atoms with E-state index in [9.17, 15) is 0 Å². The standard InChI is InChI=1S/C27H22N4O/c1-32-24-16-14-23(15-17-24)31(21-7-3-2-4-8-21)22-12-10-20(11-13-22)26-19-27(30-29-26)25-9-5-6-18-28-25/h2-19H,1H3,(H,29,30). The van der Waals surface area contributed by atoms with Gasteiger partial charge in [-0.25, -0.2) is 0 Å². The number of para-hydroxylation sites is 1. The van der Waals surface area contributed by atoms with Gasteiger partial charge in [-0.15, -0.1) is 0 Å². The first-order valence-corrected chi connectivity index (χ1v) is 10.4. The van der Waals surface area contributed by atoms with Crippen LogP contribution in [0.2, 0.25) is 0 Å². The number of benzene rings is 3. The molecule has 5 rings (SSSR count). The van der Waals surface area contributed by atoms with Crippen molar-refractivity contribution in [1.82, 2.24) is 15.2 Å². The lowest BCUT2D eigenvalue weighted by molar-refractivity contribution is 0.415. The Bertz CT molecular complexity index is 1280. The van der Waals surface area contributed by atoms with E-state index in [0.29, 0.717) is 0 Å². The van der Waals surface area contributed by atoms with Gasteiger partial charge in [0.1, 0.15) is 5.75 Å². The maximum atomic E-state index is 5.33. The highest BCUT2D eigenvalue weighted by molar-refractivity contribution is 5.78. The van der Waals surface area contributed by atoms with Gasteiger partial charge in [0.25, 0.3) is 0 Å². The maximum absolute atomic E-state index is 5.33. The first kappa shape index (κ1) is 19.6. The van der Waals surface area contributed by atoms with Crippen LogP contribution in [-0.2, 0) is 0 Å². The predicted molar refractivity (Wildman–Crippen MR) is 128 cm³/mol. The molecule has 0 saturated heterocycles. The van der Waals surface area contributed by atoms with Crippen molar-refractivity contribution < 1.29 is 4.74 Å². The molecule has 0 bridgehead atoms. The SMILES string of the molecule is COc1ccc(N(c2ccccc2)c2ccc(-c3cc(-c4ccccn4)[nH]n3)cc2)cc1. The van der Waals surface area contributed by atoms with Gasteiger partial charge in [-0.1, -0.05) is 36.4 Å². The van der Waals surface area contributed by atoms with Crippen LogP contribution in [0.15, 0.2) is 109 Å². The Morgan fingerprint density at radius 2 is 1.34 bits per heavy atom. The highest BCUT2D eigenvalue weighted by Crippen LogP contribution is 2.36. The Hall–Kier alpha value is -4.38. The third kappa shape index (κ3) is 3.96. The van der Waals surface area contributed by atoms with Gasteiger partial charge in [-0.3, -0.25) is 10.1 Å². The van der Waals surface area contributed by atoms with Gasteiger partial charge in [-0.05, 0) is 66.7 Å². The van der Waals surface area contributed by atoms with Gasteiger partial charge in [-0.2, -0.15) is 5.10 Å². The fourth-order valence-electron chi connectivity index (χ4n) is 3.66. The molecule has 0 aliphatic carbocycles. The van der Waals surface area contributed by atoms with E-state index in [0.717, 1.165) is 45.5 Å². The van der Waals surface area contributed by atoms with Crippen molar-refractivity contribution in [2.75, 3.05) is 12.0 Å². The molecule has 0 unspecified atom stereocenters. The third-order valence-corrected chi connectivity index (χ3v) is 5.28. The largest absolute Gasteiger partial charge is 0.497 e. The van der Waals surface area contributed by atoms with Crippen molar-refractivity contribution in [3.05, 3.63) is 109 Å². The van der Waals surface area contributed by atoms with Crippen LogP contribution in [0, 0.1) is 0 Å². The molecule has 5 aromatic rings. The first-order valence-electron chi connectivity index (χ1n) is 10.4. The molecule has 2 heterocycles. The number of aromatic amines is 1. The molecule has 156 valence electrons. The van der Waals surface area contributed by atoms with Crippen LogP contribution in [0.1, 0.15) is 0 Å². The molecule has 1 N–H and O–H groups in total. The maximum Gasteiger partial charge on any atom is 0.119 e. The molecule has 5 nitrogen and oxygen atoms in total. The average molecular weight is 419 g/mol. The minimum absolute atomic E-state index is 0.833. The topological polar surface area (TPSA) is 54.0 Å². The van der Waals surface area contributed by atoms with E-state index in [-0.39, 0.29) is 0 Å². The van der Waals surface area contributed by atoms with Gasteiger partial charge in [0.2, 0.25) is 0 Å². The van der Waals surface area contributed by atoms with Crippen molar-refractivity contribution in [2.45, 2.75) is 0 Å². The fourth-order valence-corrected chi connectivity index (χ4v) is 3.66. The Kier molecular flexibility index (Phi) is 5.37. The Balaban J connectivity index is 1.48. The van der Waals surface area contributed by atoms with Crippen molar-refractivity contribution >= 4 is 17.1 Å². The molecular formula is C27H22N4O. The van der Waals surface area contributed by atoms with E-state index in [1.165, 1.54) is 0 Å². The normalized spacial score (nSPS) is 10.7. The quantitative estimate of drug-likeness (QED) is 0.337. The van der Waals surface area contributed by atoms with Crippen molar-refractivity contribution in [3.63, 3.8) is 0 Å². The summed E-state index contributed by atoms with van der Waals surface area (Å²) in [5.41, 5.74) is 6.89. The van der Waals surface area contributed by atoms with Gasteiger partial charge in [0.05, 0.1) is 24.2 Å². The zero-order valence-corrected chi connectivity index (χ0v) is 17.6.